The number of anilines is 1. The van der Waals surface area contributed by atoms with Crippen LogP contribution in [-0.2, 0) is 16.1 Å². The molecule has 4 N–H and O–H groups in total. The first-order valence-electron chi connectivity index (χ1n) is 13.4. The van der Waals surface area contributed by atoms with Crippen LogP contribution in [0.15, 0.2) is 48.5 Å². The molecule has 208 valence electrons. The van der Waals surface area contributed by atoms with Crippen LogP contribution in [0.25, 0.3) is 10.2 Å². The van der Waals surface area contributed by atoms with Crippen LogP contribution in [0.2, 0.25) is 0 Å². The van der Waals surface area contributed by atoms with Crippen LogP contribution in [-0.4, -0.2) is 70.0 Å². The van der Waals surface area contributed by atoms with E-state index in [0.29, 0.717) is 30.3 Å². The van der Waals surface area contributed by atoms with Gasteiger partial charge in [-0.15, -0.1) is 0 Å². The Labute approximate surface area is 233 Å². The molecular weight excluding hydrogens is 514 g/mol. The standard InChI is InChI=1S/C28H37N7O3S/c1-4-5-14-30-28(38)35(19(2)3)34-16-15-33(17-21-12-9-13-22-24(21)32-27(29)39-22)26(37)25(31-23(36)18-34)20-10-7-6-8-11-20/h6-13,19,25H,4-5,14-18H2,1-3H3,(H2,29,32)(H,30,38)(H,31,36)/t25-/m0/s1. The van der Waals surface area contributed by atoms with Crippen molar-refractivity contribution < 1.29 is 14.4 Å². The fraction of sp³-hybridized carbons (Fsp3) is 0.429. The number of hydrogen-bond acceptors (Lipinski definition) is 7. The summed E-state index contributed by atoms with van der Waals surface area (Å²) in [6, 6.07) is 13.7. The second-order valence-electron chi connectivity index (χ2n) is 9.90. The maximum Gasteiger partial charge on any atom is 0.332 e. The molecule has 1 fully saturated rings. The second kappa shape index (κ2) is 12.9. The van der Waals surface area contributed by atoms with E-state index < -0.39 is 6.04 Å². The Balaban J connectivity index is 1.67. The number of rotatable bonds is 8. The average Bonchev–Trinajstić information content (AvgIpc) is 3.31. The number of benzene rings is 2. The normalized spacial score (nSPS) is 17.0. The first kappa shape index (κ1) is 28.3. The SMILES string of the molecule is CCCCNC(=O)N(C(C)C)N1CCN(Cc2cccc3sc(N)nc23)C(=O)[C@H](c2ccccc2)NC(=O)C1. The summed E-state index contributed by atoms with van der Waals surface area (Å²) >= 11 is 1.40. The third-order valence-electron chi connectivity index (χ3n) is 6.64. The number of urea groups is 1. The van der Waals surface area contributed by atoms with Gasteiger partial charge in [-0.2, -0.15) is 0 Å². The van der Waals surface area contributed by atoms with E-state index in [1.54, 1.807) is 14.9 Å². The van der Waals surface area contributed by atoms with Gasteiger partial charge in [0.2, 0.25) is 11.8 Å². The lowest BCUT2D eigenvalue weighted by Gasteiger charge is -2.37. The van der Waals surface area contributed by atoms with Crippen molar-refractivity contribution in [1.29, 1.82) is 0 Å². The Hall–Kier alpha value is -3.70. The third-order valence-corrected chi connectivity index (χ3v) is 7.49. The summed E-state index contributed by atoms with van der Waals surface area (Å²) in [5.74, 6) is -0.555. The maximum absolute atomic E-state index is 14.0. The maximum atomic E-state index is 14.0. The van der Waals surface area contributed by atoms with Gasteiger partial charge in [-0.05, 0) is 37.5 Å². The van der Waals surface area contributed by atoms with Crippen LogP contribution >= 0.6 is 11.3 Å². The molecule has 10 nitrogen and oxygen atoms in total. The average molecular weight is 552 g/mol. The van der Waals surface area contributed by atoms with Gasteiger partial charge >= 0.3 is 6.03 Å². The fourth-order valence-corrected chi connectivity index (χ4v) is 5.54. The lowest BCUT2D eigenvalue weighted by molar-refractivity contribution is -0.136. The predicted octanol–water partition coefficient (Wildman–Crippen LogP) is 3.52. The number of nitrogens with zero attached hydrogens (tertiary/aromatic N) is 4. The minimum atomic E-state index is -0.857. The molecule has 1 atom stereocenters. The summed E-state index contributed by atoms with van der Waals surface area (Å²) in [5, 5.41) is 9.68. The van der Waals surface area contributed by atoms with Gasteiger partial charge in [0.05, 0.1) is 16.8 Å². The highest BCUT2D eigenvalue weighted by Crippen LogP contribution is 2.28. The van der Waals surface area contributed by atoms with E-state index in [2.05, 4.69) is 22.5 Å². The zero-order valence-corrected chi connectivity index (χ0v) is 23.5. The smallest absolute Gasteiger partial charge is 0.332 e. The number of aromatic nitrogens is 1. The lowest BCUT2D eigenvalue weighted by Crippen LogP contribution is -2.57. The molecule has 0 bridgehead atoms. The van der Waals surface area contributed by atoms with Gasteiger partial charge in [-0.3, -0.25) is 14.6 Å². The molecule has 11 heteroatoms. The highest BCUT2D eigenvalue weighted by atomic mass is 32.1. The van der Waals surface area contributed by atoms with E-state index in [4.69, 9.17) is 5.73 Å². The van der Waals surface area contributed by atoms with Crippen molar-refractivity contribution in [3.05, 3.63) is 59.7 Å². The Morgan fingerprint density at radius 2 is 1.95 bits per heavy atom. The van der Waals surface area contributed by atoms with Crippen molar-refractivity contribution in [1.82, 2.24) is 30.5 Å². The molecule has 0 unspecified atom stereocenters. The molecule has 2 aromatic carbocycles. The minimum absolute atomic E-state index is 0.0535. The van der Waals surface area contributed by atoms with Gasteiger partial charge in [-0.25, -0.2) is 14.8 Å². The Bertz CT molecular complexity index is 1300. The first-order chi connectivity index (χ1) is 18.8. The number of para-hydroxylation sites is 1. The predicted molar refractivity (Wildman–Crippen MR) is 154 cm³/mol. The number of nitrogen functional groups attached to an aromatic ring is 1. The lowest BCUT2D eigenvalue weighted by atomic mass is 10.0. The highest BCUT2D eigenvalue weighted by molar-refractivity contribution is 7.22. The van der Waals surface area contributed by atoms with Crippen molar-refractivity contribution in [2.24, 2.45) is 0 Å². The molecule has 0 aliphatic carbocycles. The third kappa shape index (κ3) is 6.85. The molecule has 4 amide bonds. The zero-order chi connectivity index (χ0) is 27.9. The number of carbonyl (C=O) groups is 3. The van der Waals surface area contributed by atoms with Gasteiger partial charge in [0.15, 0.2) is 5.13 Å². The molecule has 1 aliphatic rings. The van der Waals surface area contributed by atoms with Gasteiger partial charge in [0.25, 0.3) is 0 Å². The first-order valence-corrected chi connectivity index (χ1v) is 14.2. The van der Waals surface area contributed by atoms with Crippen molar-refractivity contribution in [2.45, 2.75) is 52.2 Å². The Kier molecular flexibility index (Phi) is 9.36. The summed E-state index contributed by atoms with van der Waals surface area (Å²) in [4.78, 5) is 46.7. The van der Waals surface area contributed by atoms with Crippen LogP contribution in [0.4, 0.5) is 9.93 Å². The number of unbranched alkanes of at least 4 members (excludes halogenated alkanes) is 1. The van der Waals surface area contributed by atoms with Crippen LogP contribution < -0.4 is 16.4 Å². The molecule has 1 aliphatic heterocycles. The summed E-state index contributed by atoms with van der Waals surface area (Å²) < 4.78 is 0.950. The molecule has 0 spiro atoms. The van der Waals surface area contributed by atoms with Crippen molar-refractivity contribution >= 4 is 44.5 Å². The molecular formula is C28H37N7O3S. The van der Waals surface area contributed by atoms with E-state index in [-0.39, 0.29) is 37.0 Å². The molecule has 39 heavy (non-hydrogen) atoms. The molecule has 2 heterocycles. The number of thiazole rings is 1. The van der Waals surface area contributed by atoms with Gasteiger partial charge in [-0.1, -0.05) is 67.1 Å². The minimum Gasteiger partial charge on any atom is -0.375 e. The summed E-state index contributed by atoms with van der Waals surface area (Å²) in [5.41, 5.74) is 8.32. The fourth-order valence-electron chi connectivity index (χ4n) is 4.75. The number of hydrogen-bond donors (Lipinski definition) is 3. The van der Waals surface area contributed by atoms with Crippen molar-refractivity contribution in [2.75, 3.05) is 31.9 Å². The molecule has 1 aromatic heterocycles. The van der Waals surface area contributed by atoms with Gasteiger partial charge in [0.1, 0.15) is 6.04 Å². The van der Waals surface area contributed by atoms with Crippen LogP contribution in [0.5, 0.6) is 0 Å². The van der Waals surface area contributed by atoms with Crippen molar-refractivity contribution in [3.63, 3.8) is 0 Å². The number of nitrogens with one attached hydrogen (secondary N) is 2. The Morgan fingerprint density at radius 3 is 2.67 bits per heavy atom. The number of amides is 4. The van der Waals surface area contributed by atoms with Gasteiger partial charge < -0.3 is 21.3 Å². The number of nitrogens with two attached hydrogens (primary N) is 1. The largest absolute Gasteiger partial charge is 0.375 e. The Morgan fingerprint density at radius 1 is 1.18 bits per heavy atom. The number of hydrazine groups is 1. The van der Waals surface area contributed by atoms with Crippen LogP contribution in [0.3, 0.4) is 0 Å². The van der Waals surface area contributed by atoms with E-state index in [9.17, 15) is 14.4 Å². The van der Waals surface area contributed by atoms with E-state index in [0.717, 1.165) is 28.6 Å². The summed E-state index contributed by atoms with van der Waals surface area (Å²) in [7, 11) is 0. The molecule has 0 saturated carbocycles. The van der Waals surface area contributed by atoms with E-state index in [1.807, 2.05) is 62.4 Å². The zero-order valence-electron chi connectivity index (χ0n) is 22.7. The van der Waals surface area contributed by atoms with E-state index >= 15 is 0 Å². The van der Waals surface area contributed by atoms with Gasteiger partial charge in [0, 0.05) is 32.2 Å². The molecule has 3 aromatic rings. The number of fused-ring (bicyclic) bond motifs is 1. The van der Waals surface area contributed by atoms with E-state index in [1.165, 1.54) is 11.3 Å². The number of carbonyl (C=O) groups excluding carboxylic acids is 3. The monoisotopic (exact) mass is 551 g/mol. The molecule has 0 radical (unpaired) electrons. The second-order valence-corrected chi connectivity index (χ2v) is 11.0. The molecule has 1 saturated heterocycles. The van der Waals surface area contributed by atoms with Crippen LogP contribution in [0, 0.1) is 0 Å². The summed E-state index contributed by atoms with van der Waals surface area (Å²) in [6.45, 7) is 7.28. The van der Waals surface area contributed by atoms with Crippen LogP contribution in [0.1, 0.15) is 50.8 Å². The molecule has 4 rings (SSSR count). The topological polar surface area (TPSA) is 124 Å². The quantitative estimate of drug-likeness (QED) is 0.368. The summed E-state index contributed by atoms with van der Waals surface area (Å²) in [6.07, 6.45) is 1.83. The van der Waals surface area contributed by atoms with Crippen molar-refractivity contribution in [3.8, 4) is 0 Å². The highest BCUT2D eigenvalue weighted by Gasteiger charge is 2.34.